The van der Waals surface area contributed by atoms with E-state index >= 15 is 0 Å². The first kappa shape index (κ1) is 13.7. The first-order chi connectivity index (χ1) is 9.10. The summed E-state index contributed by atoms with van der Waals surface area (Å²) in [5.41, 5.74) is 2.40. The van der Waals surface area contributed by atoms with Crippen molar-refractivity contribution in [2.45, 2.75) is 13.5 Å². The lowest BCUT2D eigenvalue weighted by atomic mass is 10.1. The van der Waals surface area contributed by atoms with Gasteiger partial charge in [-0.25, -0.2) is 4.39 Å². The van der Waals surface area contributed by atoms with Gasteiger partial charge in [-0.1, -0.05) is 23.7 Å². The van der Waals surface area contributed by atoms with E-state index in [2.05, 4.69) is 5.32 Å². The zero-order valence-electron chi connectivity index (χ0n) is 10.8. The van der Waals surface area contributed by atoms with E-state index in [1.165, 1.54) is 6.07 Å². The Labute approximate surface area is 117 Å². The molecule has 2 nitrogen and oxygen atoms in total. The lowest BCUT2D eigenvalue weighted by Crippen LogP contribution is -2.00. The van der Waals surface area contributed by atoms with Crippen molar-refractivity contribution in [2.24, 2.45) is 0 Å². The molecule has 0 unspecified atom stereocenters. The zero-order valence-corrected chi connectivity index (χ0v) is 11.6. The number of aryl methyl sites for hydroxylation is 1. The molecule has 0 aliphatic carbocycles. The highest BCUT2D eigenvalue weighted by Crippen LogP contribution is 2.27. The summed E-state index contributed by atoms with van der Waals surface area (Å²) in [4.78, 5) is 0. The van der Waals surface area contributed by atoms with Gasteiger partial charge in [0, 0.05) is 12.2 Å². The third-order valence-electron chi connectivity index (χ3n) is 2.88. The van der Waals surface area contributed by atoms with Crippen molar-refractivity contribution in [3.63, 3.8) is 0 Å². The summed E-state index contributed by atoms with van der Waals surface area (Å²) in [6.07, 6.45) is 0. The number of methoxy groups -OCH3 is 1. The van der Waals surface area contributed by atoms with Crippen LogP contribution in [0, 0.1) is 12.7 Å². The number of ether oxygens (including phenoxy) is 1. The van der Waals surface area contributed by atoms with Gasteiger partial charge in [-0.15, -0.1) is 0 Å². The molecule has 0 radical (unpaired) electrons. The minimum Gasteiger partial charge on any atom is -0.495 e. The lowest BCUT2D eigenvalue weighted by Gasteiger charge is -2.09. The highest BCUT2D eigenvalue weighted by atomic mass is 35.5. The number of benzene rings is 2. The quantitative estimate of drug-likeness (QED) is 0.895. The van der Waals surface area contributed by atoms with Gasteiger partial charge in [-0.05, 0) is 42.3 Å². The maximum Gasteiger partial charge on any atom is 0.137 e. The number of nitrogens with one attached hydrogen (secondary N) is 1. The predicted octanol–water partition coefficient (Wildman–Crippen LogP) is 4.41. The molecule has 0 amide bonds. The SMILES string of the molecule is COc1ccc(NCc2ccc(C)c(F)c2)cc1Cl. The number of rotatable bonds is 4. The van der Waals surface area contributed by atoms with Gasteiger partial charge in [0.15, 0.2) is 0 Å². The topological polar surface area (TPSA) is 21.3 Å². The molecule has 0 saturated heterocycles. The van der Waals surface area contributed by atoms with E-state index < -0.39 is 0 Å². The third kappa shape index (κ3) is 3.38. The fraction of sp³-hybridized carbons (Fsp3) is 0.200. The maximum atomic E-state index is 13.4. The van der Waals surface area contributed by atoms with Crippen molar-refractivity contribution in [2.75, 3.05) is 12.4 Å². The number of hydrogen-bond acceptors (Lipinski definition) is 2. The van der Waals surface area contributed by atoms with Crippen LogP contribution in [0.2, 0.25) is 5.02 Å². The second-order valence-electron chi connectivity index (χ2n) is 4.29. The Morgan fingerprint density at radius 2 is 2.00 bits per heavy atom. The van der Waals surface area contributed by atoms with Crippen LogP contribution in [0.5, 0.6) is 5.75 Å². The Balaban J connectivity index is 2.05. The monoisotopic (exact) mass is 279 g/mol. The van der Waals surface area contributed by atoms with E-state index in [0.29, 0.717) is 22.9 Å². The molecule has 0 aliphatic heterocycles. The van der Waals surface area contributed by atoms with Crippen molar-refractivity contribution >= 4 is 17.3 Å². The standard InChI is InChI=1S/C15H15ClFNO/c1-10-3-4-11(7-14(10)17)9-18-12-5-6-15(19-2)13(16)8-12/h3-8,18H,9H2,1-2H3. The molecular formula is C15H15ClFNO. The van der Waals surface area contributed by atoms with Gasteiger partial charge >= 0.3 is 0 Å². The average molecular weight is 280 g/mol. The van der Waals surface area contributed by atoms with Gasteiger partial charge in [-0.2, -0.15) is 0 Å². The van der Waals surface area contributed by atoms with E-state index in [1.54, 1.807) is 32.2 Å². The summed E-state index contributed by atoms with van der Waals surface area (Å²) in [6.45, 7) is 2.29. The second-order valence-corrected chi connectivity index (χ2v) is 4.69. The summed E-state index contributed by atoms with van der Waals surface area (Å²) in [6, 6.07) is 10.7. The summed E-state index contributed by atoms with van der Waals surface area (Å²) in [5, 5.41) is 3.74. The Hall–Kier alpha value is -1.74. The summed E-state index contributed by atoms with van der Waals surface area (Å²) >= 11 is 6.03. The summed E-state index contributed by atoms with van der Waals surface area (Å²) < 4.78 is 18.5. The lowest BCUT2D eigenvalue weighted by molar-refractivity contribution is 0.415. The summed E-state index contributed by atoms with van der Waals surface area (Å²) in [5.74, 6) is 0.445. The smallest absolute Gasteiger partial charge is 0.137 e. The molecule has 0 bridgehead atoms. The van der Waals surface area contributed by atoms with Gasteiger partial charge in [0.2, 0.25) is 0 Å². The molecule has 0 aliphatic rings. The van der Waals surface area contributed by atoms with Crippen LogP contribution in [0.25, 0.3) is 0 Å². The highest BCUT2D eigenvalue weighted by molar-refractivity contribution is 6.32. The minimum absolute atomic E-state index is 0.188. The Bertz CT molecular complexity index is 586. The van der Waals surface area contributed by atoms with Gasteiger partial charge in [0.25, 0.3) is 0 Å². The van der Waals surface area contributed by atoms with Crippen LogP contribution >= 0.6 is 11.6 Å². The van der Waals surface area contributed by atoms with E-state index in [9.17, 15) is 4.39 Å². The number of anilines is 1. The van der Waals surface area contributed by atoms with E-state index in [0.717, 1.165) is 11.3 Å². The molecule has 0 saturated carbocycles. The molecular weight excluding hydrogens is 265 g/mol. The normalized spacial score (nSPS) is 10.3. The van der Waals surface area contributed by atoms with Crippen molar-refractivity contribution < 1.29 is 9.13 Å². The van der Waals surface area contributed by atoms with Crippen molar-refractivity contribution in [3.05, 3.63) is 58.4 Å². The van der Waals surface area contributed by atoms with Crippen molar-refractivity contribution in [1.82, 2.24) is 0 Å². The van der Waals surface area contributed by atoms with Gasteiger partial charge in [-0.3, -0.25) is 0 Å². The van der Waals surface area contributed by atoms with Crippen LogP contribution in [0.1, 0.15) is 11.1 Å². The number of hydrogen-bond donors (Lipinski definition) is 1. The Morgan fingerprint density at radius 1 is 1.21 bits per heavy atom. The summed E-state index contributed by atoms with van der Waals surface area (Å²) in [7, 11) is 1.57. The van der Waals surface area contributed by atoms with E-state index in [1.807, 2.05) is 12.1 Å². The third-order valence-corrected chi connectivity index (χ3v) is 3.18. The van der Waals surface area contributed by atoms with Gasteiger partial charge in [0.05, 0.1) is 12.1 Å². The van der Waals surface area contributed by atoms with Crippen LogP contribution in [-0.2, 0) is 6.54 Å². The molecule has 4 heteroatoms. The molecule has 0 atom stereocenters. The predicted molar refractivity (Wildman–Crippen MR) is 76.5 cm³/mol. The molecule has 0 heterocycles. The molecule has 100 valence electrons. The maximum absolute atomic E-state index is 13.4. The van der Waals surface area contributed by atoms with Crippen LogP contribution in [0.15, 0.2) is 36.4 Å². The molecule has 2 aromatic carbocycles. The molecule has 0 aromatic heterocycles. The molecule has 2 rings (SSSR count). The Morgan fingerprint density at radius 3 is 2.63 bits per heavy atom. The van der Waals surface area contributed by atoms with Crippen LogP contribution < -0.4 is 10.1 Å². The molecule has 0 fully saturated rings. The Kier molecular flexibility index (Phi) is 4.27. The zero-order chi connectivity index (χ0) is 13.8. The highest BCUT2D eigenvalue weighted by Gasteiger charge is 2.03. The van der Waals surface area contributed by atoms with Crippen molar-refractivity contribution in [1.29, 1.82) is 0 Å². The molecule has 0 spiro atoms. The van der Waals surface area contributed by atoms with E-state index in [4.69, 9.17) is 16.3 Å². The minimum atomic E-state index is -0.188. The van der Waals surface area contributed by atoms with Crippen LogP contribution in [0.3, 0.4) is 0 Å². The fourth-order valence-electron chi connectivity index (χ4n) is 1.73. The van der Waals surface area contributed by atoms with Crippen molar-refractivity contribution in [3.8, 4) is 5.75 Å². The average Bonchev–Trinajstić information content (AvgIpc) is 2.40. The molecule has 2 aromatic rings. The largest absolute Gasteiger partial charge is 0.495 e. The van der Waals surface area contributed by atoms with Crippen LogP contribution in [-0.4, -0.2) is 7.11 Å². The second kappa shape index (κ2) is 5.93. The fourth-order valence-corrected chi connectivity index (χ4v) is 1.98. The van der Waals surface area contributed by atoms with E-state index in [-0.39, 0.29) is 5.82 Å². The molecule has 1 N–H and O–H groups in total. The molecule has 19 heavy (non-hydrogen) atoms. The number of halogens is 2. The van der Waals surface area contributed by atoms with Gasteiger partial charge in [0.1, 0.15) is 11.6 Å². The van der Waals surface area contributed by atoms with Crippen LogP contribution in [0.4, 0.5) is 10.1 Å². The first-order valence-electron chi connectivity index (χ1n) is 5.92. The first-order valence-corrected chi connectivity index (χ1v) is 6.30. The van der Waals surface area contributed by atoms with Gasteiger partial charge < -0.3 is 10.1 Å².